The van der Waals surface area contributed by atoms with Gasteiger partial charge in [0.2, 0.25) is 0 Å². The summed E-state index contributed by atoms with van der Waals surface area (Å²) in [5.74, 6) is -0.252. The third-order valence-corrected chi connectivity index (χ3v) is 5.50. The first kappa shape index (κ1) is 17.5. The first-order chi connectivity index (χ1) is 13.1. The van der Waals surface area contributed by atoms with Gasteiger partial charge in [0.05, 0.1) is 4.70 Å². The fourth-order valence-corrected chi connectivity index (χ4v) is 3.96. The Morgan fingerprint density at radius 1 is 1.00 bits per heavy atom. The van der Waals surface area contributed by atoms with Gasteiger partial charge in [0.15, 0.2) is 0 Å². The number of aromatic nitrogens is 2. The SMILES string of the molecule is Cc1ccc(NC(=O)c2c(Nc3ccccc3)sc3c(Cl)ncnc23)cc1. The maximum Gasteiger partial charge on any atom is 0.260 e. The molecule has 0 bridgehead atoms. The maximum absolute atomic E-state index is 13.0. The van der Waals surface area contributed by atoms with Crippen molar-refractivity contribution in [3.8, 4) is 0 Å². The number of carbonyl (C=O) groups excluding carboxylic acids is 1. The van der Waals surface area contributed by atoms with Crippen molar-refractivity contribution in [2.24, 2.45) is 0 Å². The lowest BCUT2D eigenvalue weighted by molar-refractivity contribution is 0.102. The van der Waals surface area contributed by atoms with E-state index in [9.17, 15) is 4.79 Å². The molecule has 0 aliphatic carbocycles. The molecule has 4 aromatic rings. The highest BCUT2D eigenvalue weighted by Crippen LogP contribution is 2.39. The van der Waals surface area contributed by atoms with Gasteiger partial charge in [-0.3, -0.25) is 4.79 Å². The van der Waals surface area contributed by atoms with Crippen molar-refractivity contribution in [1.29, 1.82) is 0 Å². The molecule has 0 saturated carbocycles. The Kier molecular flexibility index (Phi) is 4.75. The van der Waals surface area contributed by atoms with Gasteiger partial charge in [-0.15, -0.1) is 11.3 Å². The number of aryl methyl sites for hydroxylation is 1. The number of para-hydroxylation sites is 1. The van der Waals surface area contributed by atoms with Gasteiger partial charge in [-0.2, -0.15) is 0 Å². The molecule has 7 heteroatoms. The molecule has 0 atom stereocenters. The van der Waals surface area contributed by atoms with E-state index < -0.39 is 0 Å². The predicted molar refractivity (Wildman–Crippen MR) is 111 cm³/mol. The summed E-state index contributed by atoms with van der Waals surface area (Å²) in [5.41, 5.74) is 3.69. The minimum Gasteiger partial charge on any atom is -0.346 e. The largest absolute Gasteiger partial charge is 0.346 e. The molecule has 0 radical (unpaired) electrons. The van der Waals surface area contributed by atoms with E-state index in [4.69, 9.17) is 11.6 Å². The summed E-state index contributed by atoms with van der Waals surface area (Å²) in [6, 6.07) is 17.3. The lowest BCUT2D eigenvalue weighted by atomic mass is 10.2. The van der Waals surface area contributed by atoms with Gasteiger partial charge in [0.1, 0.15) is 27.6 Å². The first-order valence-electron chi connectivity index (χ1n) is 8.25. The number of fused-ring (bicyclic) bond motifs is 1. The van der Waals surface area contributed by atoms with Crippen LogP contribution in [0.3, 0.4) is 0 Å². The lowest BCUT2D eigenvalue weighted by Crippen LogP contribution is -2.13. The van der Waals surface area contributed by atoms with Gasteiger partial charge in [0.25, 0.3) is 5.91 Å². The molecule has 2 aromatic heterocycles. The quantitative estimate of drug-likeness (QED) is 0.439. The zero-order valence-electron chi connectivity index (χ0n) is 14.4. The number of nitrogens with zero attached hydrogens (tertiary/aromatic N) is 2. The van der Waals surface area contributed by atoms with Gasteiger partial charge < -0.3 is 10.6 Å². The van der Waals surface area contributed by atoms with Crippen LogP contribution in [0.15, 0.2) is 60.9 Å². The van der Waals surface area contributed by atoms with Crippen LogP contribution in [0.5, 0.6) is 0 Å². The second-order valence-electron chi connectivity index (χ2n) is 5.96. The predicted octanol–water partition coefficient (Wildman–Crippen LogP) is 5.65. The van der Waals surface area contributed by atoms with Gasteiger partial charge >= 0.3 is 0 Å². The zero-order valence-corrected chi connectivity index (χ0v) is 15.9. The zero-order chi connectivity index (χ0) is 18.8. The van der Waals surface area contributed by atoms with Crippen LogP contribution < -0.4 is 10.6 Å². The summed E-state index contributed by atoms with van der Waals surface area (Å²) in [6.45, 7) is 2.00. The standard InChI is InChI=1S/C20H15ClN4OS/c1-12-7-9-14(10-8-12)24-19(26)15-16-17(18(21)23-11-22-16)27-20(15)25-13-5-3-2-4-6-13/h2-11,25H,1H3,(H,24,26). The summed E-state index contributed by atoms with van der Waals surface area (Å²) >= 11 is 7.59. The molecule has 0 aliphatic rings. The number of halogens is 1. The molecule has 2 heterocycles. The van der Waals surface area contributed by atoms with Crippen LogP contribution in [0.1, 0.15) is 15.9 Å². The Labute approximate surface area is 165 Å². The maximum atomic E-state index is 13.0. The average Bonchev–Trinajstić information content (AvgIpc) is 3.04. The van der Waals surface area contributed by atoms with Crippen molar-refractivity contribution >= 4 is 55.4 Å². The summed E-state index contributed by atoms with van der Waals surface area (Å²) in [6.07, 6.45) is 1.37. The third kappa shape index (κ3) is 3.63. The van der Waals surface area contributed by atoms with Crippen LogP contribution in [-0.4, -0.2) is 15.9 Å². The van der Waals surface area contributed by atoms with Crippen LogP contribution in [-0.2, 0) is 0 Å². The van der Waals surface area contributed by atoms with E-state index in [1.54, 1.807) is 0 Å². The monoisotopic (exact) mass is 394 g/mol. The van der Waals surface area contributed by atoms with Crippen molar-refractivity contribution in [3.63, 3.8) is 0 Å². The Morgan fingerprint density at radius 2 is 1.74 bits per heavy atom. The van der Waals surface area contributed by atoms with E-state index in [2.05, 4.69) is 20.6 Å². The van der Waals surface area contributed by atoms with E-state index in [1.807, 2.05) is 61.5 Å². The Bertz CT molecular complexity index is 1110. The van der Waals surface area contributed by atoms with E-state index in [-0.39, 0.29) is 5.91 Å². The van der Waals surface area contributed by atoms with Crippen LogP contribution >= 0.6 is 22.9 Å². The molecule has 0 spiro atoms. The number of anilines is 3. The van der Waals surface area contributed by atoms with Crippen LogP contribution in [0.4, 0.5) is 16.4 Å². The lowest BCUT2D eigenvalue weighted by Gasteiger charge is -2.09. The molecule has 0 aliphatic heterocycles. The van der Waals surface area contributed by atoms with Crippen molar-refractivity contribution in [2.45, 2.75) is 6.92 Å². The average molecular weight is 395 g/mol. The van der Waals surface area contributed by atoms with Crippen molar-refractivity contribution in [3.05, 3.63) is 77.2 Å². The van der Waals surface area contributed by atoms with Crippen LogP contribution in [0.25, 0.3) is 10.2 Å². The molecule has 4 rings (SSSR count). The topological polar surface area (TPSA) is 66.9 Å². The highest BCUT2D eigenvalue weighted by molar-refractivity contribution is 7.24. The molecule has 2 aromatic carbocycles. The summed E-state index contributed by atoms with van der Waals surface area (Å²) in [4.78, 5) is 21.4. The van der Waals surface area contributed by atoms with Gasteiger partial charge in [-0.25, -0.2) is 9.97 Å². The minimum atomic E-state index is -0.252. The highest BCUT2D eigenvalue weighted by Gasteiger charge is 2.22. The van der Waals surface area contributed by atoms with Gasteiger partial charge in [-0.1, -0.05) is 47.5 Å². The smallest absolute Gasteiger partial charge is 0.260 e. The normalized spacial score (nSPS) is 10.7. The summed E-state index contributed by atoms with van der Waals surface area (Å²) < 4.78 is 0.673. The molecule has 134 valence electrons. The number of amides is 1. The Hall–Kier alpha value is -2.96. The van der Waals surface area contributed by atoms with E-state index in [0.29, 0.717) is 25.9 Å². The minimum absolute atomic E-state index is 0.252. The third-order valence-electron chi connectivity index (χ3n) is 4.00. The van der Waals surface area contributed by atoms with E-state index >= 15 is 0 Å². The number of thiophene rings is 1. The number of rotatable bonds is 4. The molecule has 0 fully saturated rings. The number of hydrogen-bond acceptors (Lipinski definition) is 5. The number of carbonyl (C=O) groups is 1. The molecular formula is C20H15ClN4OS. The first-order valence-corrected chi connectivity index (χ1v) is 9.44. The van der Waals surface area contributed by atoms with Crippen LogP contribution in [0.2, 0.25) is 5.15 Å². The number of nitrogens with one attached hydrogen (secondary N) is 2. The summed E-state index contributed by atoms with van der Waals surface area (Å²) in [7, 11) is 0. The Balaban J connectivity index is 1.77. The van der Waals surface area contributed by atoms with Crippen molar-refractivity contribution in [2.75, 3.05) is 10.6 Å². The molecule has 0 saturated heterocycles. The fourth-order valence-electron chi connectivity index (χ4n) is 2.66. The molecule has 27 heavy (non-hydrogen) atoms. The Morgan fingerprint density at radius 3 is 2.48 bits per heavy atom. The fraction of sp³-hybridized carbons (Fsp3) is 0.0500. The van der Waals surface area contributed by atoms with Crippen LogP contribution in [0, 0.1) is 6.92 Å². The second-order valence-corrected chi connectivity index (χ2v) is 7.34. The van der Waals surface area contributed by atoms with E-state index in [1.165, 1.54) is 17.7 Å². The molecular weight excluding hydrogens is 380 g/mol. The molecule has 1 amide bonds. The van der Waals surface area contributed by atoms with Crippen molar-refractivity contribution in [1.82, 2.24) is 9.97 Å². The second kappa shape index (κ2) is 7.34. The molecule has 0 unspecified atom stereocenters. The summed E-state index contributed by atoms with van der Waals surface area (Å²) in [5, 5.41) is 7.23. The van der Waals surface area contributed by atoms with Gasteiger partial charge in [0, 0.05) is 11.4 Å². The van der Waals surface area contributed by atoms with E-state index in [0.717, 1.165) is 16.9 Å². The van der Waals surface area contributed by atoms with Gasteiger partial charge in [-0.05, 0) is 31.2 Å². The number of hydrogen-bond donors (Lipinski definition) is 2. The number of benzene rings is 2. The molecule has 5 nitrogen and oxygen atoms in total. The molecule has 2 N–H and O–H groups in total. The van der Waals surface area contributed by atoms with Crippen molar-refractivity contribution < 1.29 is 4.79 Å². The highest BCUT2D eigenvalue weighted by atomic mass is 35.5.